The Bertz CT molecular complexity index is 1420. The van der Waals surface area contributed by atoms with Gasteiger partial charge < -0.3 is 9.80 Å². The second-order valence-corrected chi connectivity index (χ2v) is 8.69. The highest BCUT2D eigenvalue weighted by molar-refractivity contribution is 5.98. The first-order chi connectivity index (χ1) is 17.2. The molecule has 1 fully saturated rings. The fourth-order valence-electron chi connectivity index (χ4n) is 4.52. The molecule has 0 radical (unpaired) electrons. The Morgan fingerprint density at radius 3 is 1.92 bits per heavy atom. The van der Waals surface area contributed by atoms with E-state index >= 15 is 0 Å². The van der Waals surface area contributed by atoms with Crippen LogP contribution in [0, 0.1) is 6.92 Å². The zero-order chi connectivity index (χ0) is 25.4. The fraction of sp³-hybridized carbons (Fsp3) is 0.222. The fourth-order valence-corrected chi connectivity index (χ4v) is 4.52. The molecule has 1 aliphatic rings. The third-order valence-corrected chi connectivity index (χ3v) is 6.40. The topological polar surface area (TPSA) is 58.4 Å². The van der Waals surface area contributed by atoms with E-state index in [-0.39, 0.29) is 17.4 Å². The summed E-state index contributed by atoms with van der Waals surface area (Å²) in [6.45, 7) is 3.19. The number of aryl methyl sites for hydroxylation is 1. The molecule has 5 rings (SSSR count). The highest BCUT2D eigenvalue weighted by Gasteiger charge is 2.31. The first-order valence-electron chi connectivity index (χ1n) is 11.5. The Labute approximate surface area is 205 Å². The third-order valence-electron chi connectivity index (χ3n) is 6.40. The predicted molar refractivity (Wildman–Crippen MR) is 129 cm³/mol. The monoisotopic (exact) mass is 492 g/mol. The minimum Gasteiger partial charge on any atom is -0.335 e. The molecule has 6 nitrogen and oxygen atoms in total. The largest absolute Gasteiger partial charge is 0.416 e. The average Bonchev–Trinajstić information content (AvgIpc) is 3.22. The maximum atomic E-state index is 13.2. The van der Waals surface area contributed by atoms with Crippen molar-refractivity contribution in [3.8, 4) is 5.69 Å². The summed E-state index contributed by atoms with van der Waals surface area (Å²) in [5.41, 5.74) is 2.53. The maximum Gasteiger partial charge on any atom is 0.416 e. The Morgan fingerprint density at radius 1 is 0.778 bits per heavy atom. The van der Waals surface area contributed by atoms with Crippen molar-refractivity contribution in [2.24, 2.45) is 0 Å². The molecule has 0 aliphatic carbocycles. The van der Waals surface area contributed by atoms with Crippen LogP contribution in [0.3, 0.4) is 0 Å². The van der Waals surface area contributed by atoms with E-state index < -0.39 is 11.7 Å². The molecular weight excluding hydrogens is 469 g/mol. The Balaban J connectivity index is 1.27. The van der Waals surface area contributed by atoms with Gasteiger partial charge in [0, 0.05) is 43.0 Å². The third kappa shape index (κ3) is 4.44. The number of hydrogen-bond donors (Lipinski definition) is 0. The number of carbonyl (C=O) groups excluding carboxylic acids is 2. The molecule has 3 aromatic carbocycles. The number of carbonyl (C=O) groups is 2. The molecular formula is C27H23F3N4O2. The van der Waals surface area contributed by atoms with Crippen LogP contribution in [0.4, 0.5) is 13.2 Å². The van der Waals surface area contributed by atoms with Crippen LogP contribution in [0.25, 0.3) is 16.7 Å². The maximum absolute atomic E-state index is 13.2. The Hall–Kier alpha value is -4.14. The van der Waals surface area contributed by atoms with Gasteiger partial charge in [0.1, 0.15) is 5.82 Å². The van der Waals surface area contributed by atoms with Gasteiger partial charge in [-0.25, -0.2) is 4.98 Å². The summed E-state index contributed by atoms with van der Waals surface area (Å²) in [7, 11) is 0. The number of halogens is 3. The van der Waals surface area contributed by atoms with Gasteiger partial charge >= 0.3 is 6.18 Å². The predicted octanol–water partition coefficient (Wildman–Crippen LogP) is 4.95. The zero-order valence-electron chi connectivity index (χ0n) is 19.5. The molecule has 1 saturated heterocycles. The number of imidazole rings is 1. The molecule has 0 saturated carbocycles. The van der Waals surface area contributed by atoms with Crippen molar-refractivity contribution in [3.63, 3.8) is 0 Å². The van der Waals surface area contributed by atoms with E-state index in [1.807, 2.05) is 47.9 Å². The number of rotatable bonds is 3. The van der Waals surface area contributed by atoms with Crippen LogP contribution in [-0.2, 0) is 6.18 Å². The molecule has 0 atom stereocenters. The lowest BCUT2D eigenvalue weighted by Crippen LogP contribution is -2.50. The van der Waals surface area contributed by atoms with Gasteiger partial charge in [0.15, 0.2) is 0 Å². The van der Waals surface area contributed by atoms with Crippen LogP contribution in [0.5, 0.6) is 0 Å². The van der Waals surface area contributed by atoms with Crippen molar-refractivity contribution < 1.29 is 22.8 Å². The van der Waals surface area contributed by atoms with Crippen LogP contribution in [0.1, 0.15) is 32.1 Å². The number of benzene rings is 3. The lowest BCUT2D eigenvalue weighted by atomic mass is 10.1. The van der Waals surface area contributed by atoms with E-state index in [2.05, 4.69) is 4.98 Å². The second-order valence-electron chi connectivity index (χ2n) is 8.69. The van der Waals surface area contributed by atoms with Crippen LogP contribution in [0.2, 0.25) is 0 Å². The van der Waals surface area contributed by atoms with Gasteiger partial charge in [-0.1, -0.05) is 18.2 Å². The quantitative estimate of drug-likeness (QED) is 0.407. The molecule has 2 amide bonds. The van der Waals surface area contributed by atoms with Gasteiger partial charge in [-0.05, 0) is 61.5 Å². The molecule has 9 heteroatoms. The second kappa shape index (κ2) is 9.14. The number of amides is 2. The van der Waals surface area contributed by atoms with Crippen molar-refractivity contribution >= 4 is 22.8 Å². The first kappa shape index (κ1) is 23.6. The van der Waals surface area contributed by atoms with Crippen LogP contribution in [-0.4, -0.2) is 57.3 Å². The molecule has 1 aliphatic heterocycles. The molecule has 0 spiro atoms. The highest BCUT2D eigenvalue weighted by Crippen LogP contribution is 2.29. The van der Waals surface area contributed by atoms with Gasteiger partial charge in [0.25, 0.3) is 11.8 Å². The van der Waals surface area contributed by atoms with Crippen molar-refractivity contribution in [1.82, 2.24) is 19.4 Å². The number of hydrogen-bond acceptors (Lipinski definition) is 3. The lowest BCUT2D eigenvalue weighted by molar-refractivity contribution is -0.137. The molecule has 2 heterocycles. The minimum absolute atomic E-state index is 0.148. The molecule has 184 valence electrons. The highest BCUT2D eigenvalue weighted by atomic mass is 19.4. The number of para-hydroxylation sites is 1. The number of fused-ring (bicyclic) bond motifs is 1. The van der Waals surface area contributed by atoms with E-state index in [0.29, 0.717) is 31.7 Å². The number of alkyl halides is 3. The van der Waals surface area contributed by atoms with Gasteiger partial charge in [0.2, 0.25) is 0 Å². The van der Waals surface area contributed by atoms with Crippen LogP contribution in [0.15, 0.2) is 72.8 Å². The molecule has 4 aromatic rings. The summed E-state index contributed by atoms with van der Waals surface area (Å²) in [5.74, 6) is 0.320. The molecule has 0 bridgehead atoms. The molecule has 36 heavy (non-hydrogen) atoms. The summed E-state index contributed by atoms with van der Waals surface area (Å²) in [6, 6.07) is 19.5. The van der Waals surface area contributed by atoms with Crippen molar-refractivity contribution in [2.75, 3.05) is 26.2 Å². The number of nitrogens with zero attached hydrogens (tertiary/aromatic N) is 4. The molecule has 0 unspecified atom stereocenters. The van der Waals surface area contributed by atoms with E-state index in [1.165, 1.54) is 12.1 Å². The number of piperazine rings is 1. The molecule has 0 N–H and O–H groups in total. The Morgan fingerprint density at radius 2 is 1.33 bits per heavy atom. The first-order valence-corrected chi connectivity index (χ1v) is 11.5. The van der Waals surface area contributed by atoms with E-state index in [4.69, 9.17) is 0 Å². The standard InChI is InChI=1S/C27H23F3N4O2/c1-18-31-23-17-20(9-12-24(23)34(18)22-5-3-2-4-6-22)26(36)33-15-13-32(14-16-33)25(35)19-7-10-21(11-8-19)27(28,29)30/h2-12,17H,13-16H2,1H3. The average molecular weight is 493 g/mol. The smallest absolute Gasteiger partial charge is 0.335 e. The Kier molecular flexibility index (Phi) is 5.99. The summed E-state index contributed by atoms with van der Waals surface area (Å²) in [5, 5.41) is 0. The summed E-state index contributed by atoms with van der Waals surface area (Å²) in [6.07, 6.45) is -4.45. The normalized spacial score (nSPS) is 14.3. The summed E-state index contributed by atoms with van der Waals surface area (Å²) in [4.78, 5) is 33.8. The van der Waals surface area contributed by atoms with E-state index in [1.54, 1.807) is 21.9 Å². The van der Waals surface area contributed by atoms with Crippen molar-refractivity contribution in [2.45, 2.75) is 13.1 Å². The van der Waals surface area contributed by atoms with Crippen LogP contribution < -0.4 is 0 Å². The lowest BCUT2D eigenvalue weighted by Gasteiger charge is -2.35. The van der Waals surface area contributed by atoms with E-state index in [9.17, 15) is 22.8 Å². The molecule has 1 aromatic heterocycles. The zero-order valence-corrected chi connectivity index (χ0v) is 19.5. The van der Waals surface area contributed by atoms with Gasteiger partial charge in [-0.3, -0.25) is 14.2 Å². The van der Waals surface area contributed by atoms with E-state index in [0.717, 1.165) is 34.7 Å². The van der Waals surface area contributed by atoms with Gasteiger partial charge in [0.05, 0.1) is 16.6 Å². The van der Waals surface area contributed by atoms with Crippen LogP contribution >= 0.6 is 0 Å². The summed E-state index contributed by atoms with van der Waals surface area (Å²) < 4.78 is 40.4. The number of aromatic nitrogens is 2. The van der Waals surface area contributed by atoms with Gasteiger partial charge in [-0.15, -0.1) is 0 Å². The van der Waals surface area contributed by atoms with Crippen molar-refractivity contribution in [3.05, 3.63) is 95.3 Å². The van der Waals surface area contributed by atoms with Gasteiger partial charge in [-0.2, -0.15) is 13.2 Å². The minimum atomic E-state index is -4.45. The summed E-state index contributed by atoms with van der Waals surface area (Å²) >= 11 is 0. The SMILES string of the molecule is Cc1nc2cc(C(=O)N3CCN(C(=O)c4ccc(C(F)(F)F)cc4)CC3)ccc2n1-c1ccccc1. The van der Waals surface area contributed by atoms with Crippen molar-refractivity contribution in [1.29, 1.82) is 0 Å².